The first kappa shape index (κ1) is 13.6. The Labute approximate surface area is 126 Å². The van der Waals surface area contributed by atoms with Crippen LogP contribution in [0.2, 0.25) is 0 Å². The summed E-state index contributed by atoms with van der Waals surface area (Å²) >= 11 is 3.49. The zero-order valence-electron chi connectivity index (χ0n) is 11.6. The van der Waals surface area contributed by atoms with Gasteiger partial charge in [-0.05, 0) is 37.6 Å². The number of fused-ring (bicyclic) bond motifs is 1. The summed E-state index contributed by atoms with van der Waals surface area (Å²) in [5, 5.41) is 7.38. The van der Waals surface area contributed by atoms with Crippen LogP contribution < -0.4 is 10.1 Å². The Hall–Kier alpha value is -1.33. The number of benzene rings is 1. The summed E-state index contributed by atoms with van der Waals surface area (Å²) in [6.07, 6.45) is 1.14. The van der Waals surface area contributed by atoms with E-state index in [0.717, 1.165) is 46.8 Å². The molecule has 20 heavy (non-hydrogen) atoms. The van der Waals surface area contributed by atoms with Gasteiger partial charge in [-0.25, -0.2) is 0 Å². The summed E-state index contributed by atoms with van der Waals surface area (Å²) in [6.45, 7) is 5.49. The minimum Gasteiger partial charge on any atom is -0.488 e. The third-order valence-electron chi connectivity index (χ3n) is 3.62. The molecule has 1 N–H and O–H groups in total. The van der Waals surface area contributed by atoms with Crippen molar-refractivity contribution in [3.05, 3.63) is 45.3 Å². The molecule has 3 rings (SSSR count). The summed E-state index contributed by atoms with van der Waals surface area (Å²) in [4.78, 5) is 0. The van der Waals surface area contributed by atoms with E-state index < -0.39 is 0 Å². The standard InChI is InChI=1S/C15H17BrN2O2/c1-9-14(10(2)20-18-9)8-17-7-13-6-11-5-12(16)3-4-15(11)19-13/h3-5,13,17H,6-8H2,1-2H3. The maximum Gasteiger partial charge on any atom is 0.138 e. The molecular weight excluding hydrogens is 320 g/mol. The van der Waals surface area contributed by atoms with Gasteiger partial charge < -0.3 is 14.6 Å². The zero-order valence-corrected chi connectivity index (χ0v) is 13.2. The van der Waals surface area contributed by atoms with Gasteiger partial charge in [0.15, 0.2) is 0 Å². The molecule has 1 aromatic heterocycles. The lowest BCUT2D eigenvalue weighted by Gasteiger charge is -2.11. The molecule has 1 aliphatic rings. The number of rotatable bonds is 4. The van der Waals surface area contributed by atoms with E-state index in [-0.39, 0.29) is 6.10 Å². The highest BCUT2D eigenvalue weighted by Crippen LogP contribution is 2.30. The molecule has 1 aliphatic heterocycles. The number of aromatic nitrogens is 1. The zero-order chi connectivity index (χ0) is 14.1. The molecule has 0 fully saturated rings. The Morgan fingerprint density at radius 1 is 1.40 bits per heavy atom. The fourth-order valence-corrected chi connectivity index (χ4v) is 2.92. The molecule has 0 aliphatic carbocycles. The van der Waals surface area contributed by atoms with Gasteiger partial charge in [0, 0.05) is 29.5 Å². The summed E-state index contributed by atoms with van der Waals surface area (Å²) in [5.74, 6) is 1.88. The van der Waals surface area contributed by atoms with Gasteiger partial charge in [0.05, 0.1) is 5.69 Å². The Morgan fingerprint density at radius 2 is 2.25 bits per heavy atom. The normalized spacial score (nSPS) is 17.1. The highest BCUT2D eigenvalue weighted by atomic mass is 79.9. The first-order chi connectivity index (χ1) is 9.63. The second-order valence-electron chi connectivity index (χ2n) is 5.13. The number of aryl methyl sites for hydroxylation is 2. The molecule has 1 unspecified atom stereocenters. The highest BCUT2D eigenvalue weighted by molar-refractivity contribution is 9.10. The first-order valence-electron chi connectivity index (χ1n) is 6.71. The number of ether oxygens (including phenoxy) is 1. The molecule has 4 nitrogen and oxygen atoms in total. The molecule has 2 heterocycles. The predicted molar refractivity (Wildman–Crippen MR) is 79.9 cm³/mol. The maximum atomic E-state index is 5.92. The largest absolute Gasteiger partial charge is 0.488 e. The minimum absolute atomic E-state index is 0.194. The SMILES string of the molecule is Cc1noc(C)c1CNCC1Cc2cc(Br)ccc2O1. The van der Waals surface area contributed by atoms with Gasteiger partial charge in [-0.2, -0.15) is 0 Å². The predicted octanol–water partition coefficient (Wildman–Crippen LogP) is 3.15. The monoisotopic (exact) mass is 336 g/mol. The molecule has 0 saturated carbocycles. The fourth-order valence-electron chi connectivity index (χ4n) is 2.52. The maximum absolute atomic E-state index is 5.92. The van der Waals surface area contributed by atoms with Crippen LogP contribution >= 0.6 is 15.9 Å². The van der Waals surface area contributed by atoms with Crippen LogP contribution in [0.4, 0.5) is 0 Å². The van der Waals surface area contributed by atoms with Crippen molar-refractivity contribution in [1.82, 2.24) is 10.5 Å². The van der Waals surface area contributed by atoms with Crippen molar-refractivity contribution in [2.75, 3.05) is 6.54 Å². The molecule has 1 aromatic carbocycles. The topological polar surface area (TPSA) is 47.3 Å². The van der Waals surface area contributed by atoms with Crippen LogP contribution in [-0.4, -0.2) is 17.8 Å². The lowest BCUT2D eigenvalue weighted by Crippen LogP contribution is -2.29. The van der Waals surface area contributed by atoms with E-state index in [1.54, 1.807) is 0 Å². The molecule has 106 valence electrons. The average molecular weight is 337 g/mol. The Morgan fingerprint density at radius 3 is 3.00 bits per heavy atom. The van der Waals surface area contributed by atoms with Gasteiger partial charge in [-0.15, -0.1) is 0 Å². The van der Waals surface area contributed by atoms with Crippen molar-refractivity contribution >= 4 is 15.9 Å². The van der Waals surface area contributed by atoms with Gasteiger partial charge in [-0.3, -0.25) is 0 Å². The molecule has 1 atom stereocenters. The van der Waals surface area contributed by atoms with Crippen LogP contribution in [0.5, 0.6) is 5.75 Å². The summed E-state index contributed by atoms with van der Waals surface area (Å²) in [6, 6.07) is 6.16. The second-order valence-corrected chi connectivity index (χ2v) is 6.05. The number of nitrogens with zero attached hydrogens (tertiary/aromatic N) is 1. The molecule has 0 radical (unpaired) electrons. The molecule has 0 bridgehead atoms. The minimum atomic E-state index is 0.194. The van der Waals surface area contributed by atoms with Crippen molar-refractivity contribution in [3.8, 4) is 5.75 Å². The number of halogens is 1. The Balaban J connectivity index is 1.54. The Kier molecular flexibility index (Phi) is 3.81. The smallest absolute Gasteiger partial charge is 0.138 e. The van der Waals surface area contributed by atoms with Gasteiger partial charge in [0.2, 0.25) is 0 Å². The molecular formula is C15H17BrN2O2. The van der Waals surface area contributed by atoms with Gasteiger partial charge >= 0.3 is 0 Å². The van der Waals surface area contributed by atoms with E-state index in [0.29, 0.717) is 0 Å². The number of nitrogens with one attached hydrogen (secondary N) is 1. The van der Waals surface area contributed by atoms with Crippen molar-refractivity contribution in [2.45, 2.75) is 32.9 Å². The lowest BCUT2D eigenvalue weighted by atomic mass is 10.1. The van der Waals surface area contributed by atoms with E-state index in [4.69, 9.17) is 9.26 Å². The van der Waals surface area contributed by atoms with Gasteiger partial charge in [-0.1, -0.05) is 21.1 Å². The quantitative estimate of drug-likeness (QED) is 0.931. The van der Waals surface area contributed by atoms with E-state index in [9.17, 15) is 0 Å². The molecule has 0 saturated heterocycles. The first-order valence-corrected chi connectivity index (χ1v) is 7.50. The van der Waals surface area contributed by atoms with Crippen LogP contribution in [0.25, 0.3) is 0 Å². The average Bonchev–Trinajstić information content (AvgIpc) is 2.95. The highest BCUT2D eigenvalue weighted by Gasteiger charge is 2.22. The van der Waals surface area contributed by atoms with Crippen molar-refractivity contribution in [1.29, 1.82) is 0 Å². The van der Waals surface area contributed by atoms with Gasteiger partial charge in [0.25, 0.3) is 0 Å². The van der Waals surface area contributed by atoms with Crippen LogP contribution in [-0.2, 0) is 13.0 Å². The van der Waals surface area contributed by atoms with Crippen LogP contribution in [0.15, 0.2) is 27.2 Å². The summed E-state index contributed by atoms with van der Waals surface area (Å²) < 4.78 is 12.2. The van der Waals surface area contributed by atoms with Crippen molar-refractivity contribution in [2.24, 2.45) is 0 Å². The third kappa shape index (κ3) is 2.74. The molecule has 0 spiro atoms. The van der Waals surface area contributed by atoms with Crippen LogP contribution in [0.1, 0.15) is 22.6 Å². The third-order valence-corrected chi connectivity index (χ3v) is 4.11. The van der Waals surface area contributed by atoms with E-state index in [1.165, 1.54) is 5.56 Å². The lowest BCUT2D eigenvalue weighted by molar-refractivity contribution is 0.227. The van der Waals surface area contributed by atoms with E-state index in [1.807, 2.05) is 26.0 Å². The molecule has 5 heteroatoms. The van der Waals surface area contributed by atoms with Crippen molar-refractivity contribution < 1.29 is 9.26 Å². The summed E-state index contributed by atoms with van der Waals surface area (Å²) in [5.41, 5.74) is 3.36. The molecule has 2 aromatic rings. The van der Waals surface area contributed by atoms with E-state index >= 15 is 0 Å². The number of hydrogen-bond acceptors (Lipinski definition) is 4. The summed E-state index contributed by atoms with van der Waals surface area (Å²) in [7, 11) is 0. The van der Waals surface area contributed by atoms with Crippen molar-refractivity contribution in [3.63, 3.8) is 0 Å². The van der Waals surface area contributed by atoms with Gasteiger partial charge in [0.1, 0.15) is 17.6 Å². The Bertz CT molecular complexity index is 605. The number of hydrogen-bond donors (Lipinski definition) is 1. The van der Waals surface area contributed by atoms with Crippen LogP contribution in [0.3, 0.4) is 0 Å². The van der Waals surface area contributed by atoms with E-state index in [2.05, 4.69) is 32.5 Å². The molecule has 0 amide bonds. The second kappa shape index (κ2) is 5.58. The fraction of sp³-hybridized carbons (Fsp3) is 0.400. The van der Waals surface area contributed by atoms with Crippen LogP contribution in [0, 0.1) is 13.8 Å².